The van der Waals surface area contributed by atoms with E-state index in [4.69, 9.17) is 4.74 Å². The number of halogens is 2. The molecule has 1 N–H and O–H groups in total. The third kappa shape index (κ3) is 4.83. The van der Waals surface area contributed by atoms with Gasteiger partial charge in [-0.2, -0.15) is 5.10 Å². The molecule has 144 valence electrons. The van der Waals surface area contributed by atoms with Crippen molar-refractivity contribution in [1.29, 1.82) is 0 Å². The van der Waals surface area contributed by atoms with Gasteiger partial charge in [0.25, 0.3) is 5.92 Å². The van der Waals surface area contributed by atoms with Crippen molar-refractivity contribution in [2.24, 2.45) is 0 Å². The number of nitrogens with one attached hydrogen (secondary N) is 1. The zero-order valence-corrected chi connectivity index (χ0v) is 15.9. The van der Waals surface area contributed by atoms with Gasteiger partial charge in [-0.25, -0.2) is 8.78 Å². The largest absolute Gasteiger partial charge is 0.457 e. The first kappa shape index (κ1) is 19.3. The highest BCUT2D eigenvalue weighted by Crippen LogP contribution is 2.31. The smallest absolute Gasteiger partial charge is 0.270 e. The molecule has 27 heavy (non-hydrogen) atoms. The number of alkyl halides is 2. The first-order valence-corrected chi connectivity index (χ1v) is 9.18. The quantitative estimate of drug-likeness (QED) is 0.551. The van der Waals surface area contributed by atoms with Gasteiger partial charge in [0.15, 0.2) is 0 Å². The number of ether oxygens (including phenoxy) is 1. The molecule has 3 aromatic rings. The Labute approximate surface area is 158 Å². The van der Waals surface area contributed by atoms with Crippen molar-refractivity contribution in [3.63, 3.8) is 0 Å². The summed E-state index contributed by atoms with van der Waals surface area (Å²) in [6, 6.07) is 11.6. The third-order valence-corrected chi connectivity index (χ3v) is 4.52. The van der Waals surface area contributed by atoms with Crippen molar-refractivity contribution < 1.29 is 13.5 Å². The van der Waals surface area contributed by atoms with Gasteiger partial charge in [0, 0.05) is 24.4 Å². The van der Waals surface area contributed by atoms with Crippen molar-refractivity contribution in [1.82, 2.24) is 15.1 Å². The molecular formula is C21H25F2N3O. The fourth-order valence-electron chi connectivity index (χ4n) is 2.96. The first-order valence-electron chi connectivity index (χ1n) is 9.18. The lowest BCUT2D eigenvalue weighted by molar-refractivity contribution is 0.0174. The van der Waals surface area contributed by atoms with Crippen molar-refractivity contribution in [3.8, 4) is 11.5 Å². The molecule has 0 bridgehead atoms. The van der Waals surface area contributed by atoms with Gasteiger partial charge in [0.2, 0.25) is 0 Å². The molecular weight excluding hydrogens is 348 g/mol. The number of aromatic amines is 1. The third-order valence-electron chi connectivity index (χ3n) is 4.52. The minimum Gasteiger partial charge on any atom is -0.457 e. The van der Waals surface area contributed by atoms with Gasteiger partial charge >= 0.3 is 0 Å². The van der Waals surface area contributed by atoms with Gasteiger partial charge < -0.3 is 9.64 Å². The molecule has 4 nitrogen and oxygen atoms in total. The fourth-order valence-corrected chi connectivity index (χ4v) is 2.96. The highest BCUT2D eigenvalue weighted by molar-refractivity contribution is 5.82. The zero-order valence-electron chi connectivity index (χ0n) is 15.9. The Bertz CT molecular complexity index is 885. The van der Waals surface area contributed by atoms with E-state index in [2.05, 4.69) is 29.1 Å². The van der Waals surface area contributed by atoms with Crippen LogP contribution in [0.1, 0.15) is 37.9 Å². The van der Waals surface area contributed by atoms with Crippen LogP contribution in [0.5, 0.6) is 11.5 Å². The van der Waals surface area contributed by atoms with Crippen LogP contribution in [0.3, 0.4) is 0 Å². The summed E-state index contributed by atoms with van der Waals surface area (Å²) in [6.07, 6.45) is 2.32. The summed E-state index contributed by atoms with van der Waals surface area (Å²) in [6.45, 7) is 4.87. The van der Waals surface area contributed by atoms with Crippen LogP contribution in [-0.2, 0) is 12.5 Å². The van der Waals surface area contributed by atoms with E-state index in [1.165, 1.54) is 12.1 Å². The number of fused-ring (bicyclic) bond motifs is 1. The van der Waals surface area contributed by atoms with Crippen LogP contribution in [0.25, 0.3) is 10.9 Å². The predicted octanol–water partition coefficient (Wildman–Crippen LogP) is 5.70. The van der Waals surface area contributed by atoms with Crippen molar-refractivity contribution >= 4 is 10.9 Å². The van der Waals surface area contributed by atoms with E-state index in [0.29, 0.717) is 11.5 Å². The van der Waals surface area contributed by atoms with Crippen LogP contribution in [0.15, 0.2) is 42.5 Å². The maximum absolute atomic E-state index is 13.3. The molecule has 0 amide bonds. The minimum absolute atomic E-state index is 0.0301. The second kappa shape index (κ2) is 8.05. The Hall–Kier alpha value is -2.47. The number of H-pyrrole nitrogens is 1. The van der Waals surface area contributed by atoms with E-state index < -0.39 is 5.92 Å². The summed E-state index contributed by atoms with van der Waals surface area (Å²) in [5, 5.41) is 8.46. The zero-order chi connectivity index (χ0) is 19.4. The van der Waals surface area contributed by atoms with Crippen LogP contribution in [0.4, 0.5) is 8.78 Å². The Balaban J connectivity index is 1.76. The lowest BCUT2D eigenvalue weighted by Gasteiger charge is -2.15. The molecule has 0 atom stereocenters. The van der Waals surface area contributed by atoms with E-state index in [0.717, 1.165) is 49.5 Å². The van der Waals surface area contributed by atoms with E-state index in [-0.39, 0.29) is 5.56 Å². The normalized spacial score (nSPS) is 12.1. The van der Waals surface area contributed by atoms with Gasteiger partial charge in [0.1, 0.15) is 11.5 Å². The highest BCUT2D eigenvalue weighted by atomic mass is 19.3. The summed E-state index contributed by atoms with van der Waals surface area (Å²) in [5.41, 5.74) is 1.88. The minimum atomic E-state index is -2.85. The van der Waals surface area contributed by atoms with Gasteiger partial charge in [-0.3, -0.25) is 5.10 Å². The molecule has 0 spiro atoms. The average Bonchev–Trinajstić information content (AvgIpc) is 3.02. The van der Waals surface area contributed by atoms with E-state index in [9.17, 15) is 8.78 Å². The van der Waals surface area contributed by atoms with Crippen LogP contribution < -0.4 is 4.74 Å². The summed E-state index contributed by atoms with van der Waals surface area (Å²) in [5.74, 6) is -1.68. The molecule has 3 rings (SSSR count). The average molecular weight is 373 g/mol. The van der Waals surface area contributed by atoms with Crippen LogP contribution in [0, 0.1) is 0 Å². The maximum atomic E-state index is 13.3. The summed E-state index contributed by atoms with van der Waals surface area (Å²) >= 11 is 0. The first-order chi connectivity index (χ1) is 12.9. The molecule has 0 saturated carbocycles. The molecule has 1 heterocycles. The van der Waals surface area contributed by atoms with Gasteiger partial charge in [-0.05, 0) is 62.5 Å². The molecule has 6 heteroatoms. The maximum Gasteiger partial charge on any atom is 0.270 e. The Kier molecular flexibility index (Phi) is 5.75. The van der Waals surface area contributed by atoms with Crippen molar-refractivity contribution in [3.05, 3.63) is 53.7 Å². The highest BCUT2D eigenvalue weighted by Gasteiger charge is 2.23. The molecule has 1 aromatic heterocycles. The molecule has 0 fully saturated rings. The standard InChI is InChI=1S/C21H25F2N3O/c1-4-5-12-26(3)14-20-18-13-17(10-11-19(18)24-25-20)27-16-8-6-15(7-9-16)21(2,22)23/h6-11,13H,4-5,12,14H2,1-3H3,(H,24,25). The Morgan fingerprint density at radius 1 is 1.11 bits per heavy atom. The van der Waals surface area contributed by atoms with E-state index in [1.54, 1.807) is 12.1 Å². The summed E-state index contributed by atoms with van der Waals surface area (Å²) in [7, 11) is 2.09. The molecule has 2 aromatic carbocycles. The SMILES string of the molecule is CCCCN(C)Cc1[nH]nc2ccc(Oc3ccc(C(C)(F)F)cc3)cc12. The fraction of sp³-hybridized carbons (Fsp3) is 0.381. The van der Waals surface area contributed by atoms with Gasteiger partial charge in [-0.15, -0.1) is 0 Å². The van der Waals surface area contributed by atoms with Crippen LogP contribution in [-0.4, -0.2) is 28.7 Å². The lowest BCUT2D eigenvalue weighted by atomic mass is 10.1. The number of hydrogen-bond donors (Lipinski definition) is 1. The molecule has 0 radical (unpaired) electrons. The van der Waals surface area contributed by atoms with E-state index in [1.807, 2.05) is 18.2 Å². The summed E-state index contributed by atoms with van der Waals surface area (Å²) < 4.78 is 32.5. The number of rotatable bonds is 8. The second-order valence-corrected chi connectivity index (χ2v) is 6.99. The summed E-state index contributed by atoms with van der Waals surface area (Å²) in [4.78, 5) is 2.26. The number of hydrogen-bond acceptors (Lipinski definition) is 3. The van der Waals surface area contributed by atoms with Crippen LogP contribution >= 0.6 is 0 Å². The molecule has 0 aliphatic carbocycles. The monoisotopic (exact) mass is 373 g/mol. The number of unbranched alkanes of at least 4 members (excludes halogenated alkanes) is 1. The Morgan fingerprint density at radius 2 is 1.81 bits per heavy atom. The second-order valence-electron chi connectivity index (χ2n) is 6.99. The molecule has 0 aliphatic heterocycles. The predicted molar refractivity (Wildman–Crippen MR) is 103 cm³/mol. The number of aromatic nitrogens is 2. The van der Waals surface area contributed by atoms with Gasteiger partial charge in [-0.1, -0.05) is 13.3 Å². The number of benzene rings is 2. The molecule has 0 saturated heterocycles. The molecule has 0 aliphatic rings. The van der Waals surface area contributed by atoms with Crippen molar-refractivity contribution in [2.45, 2.75) is 39.2 Å². The number of nitrogens with zero attached hydrogens (tertiary/aromatic N) is 2. The molecule has 0 unspecified atom stereocenters. The van der Waals surface area contributed by atoms with Gasteiger partial charge in [0.05, 0.1) is 11.2 Å². The topological polar surface area (TPSA) is 41.2 Å². The van der Waals surface area contributed by atoms with Crippen LogP contribution in [0.2, 0.25) is 0 Å². The lowest BCUT2D eigenvalue weighted by Crippen LogP contribution is -2.19. The Morgan fingerprint density at radius 3 is 2.48 bits per heavy atom. The van der Waals surface area contributed by atoms with E-state index >= 15 is 0 Å². The van der Waals surface area contributed by atoms with Crippen molar-refractivity contribution in [2.75, 3.05) is 13.6 Å².